The van der Waals surface area contributed by atoms with E-state index in [1.54, 1.807) is 6.20 Å². The van der Waals surface area contributed by atoms with Crippen LogP contribution in [0, 0.1) is 0 Å². The van der Waals surface area contributed by atoms with E-state index in [4.69, 9.17) is 0 Å². The SMILES string of the molecule is c1ccc2nc(CNCCc3ncc[nH]3)ccc2c1. The Morgan fingerprint density at radius 1 is 1.11 bits per heavy atom. The van der Waals surface area contributed by atoms with Crippen molar-refractivity contribution in [3.8, 4) is 0 Å². The number of imidazole rings is 1. The van der Waals surface area contributed by atoms with Crippen LogP contribution < -0.4 is 5.32 Å². The van der Waals surface area contributed by atoms with Crippen LogP contribution in [0.3, 0.4) is 0 Å². The summed E-state index contributed by atoms with van der Waals surface area (Å²) >= 11 is 0. The van der Waals surface area contributed by atoms with Crippen LogP contribution in [0.15, 0.2) is 48.8 Å². The van der Waals surface area contributed by atoms with Gasteiger partial charge in [-0.3, -0.25) is 4.98 Å². The third-order valence-electron chi connectivity index (χ3n) is 3.06. The summed E-state index contributed by atoms with van der Waals surface area (Å²) < 4.78 is 0. The monoisotopic (exact) mass is 252 g/mol. The van der Waals surface area contributed by atoms with Crippen LogP contribution in [0.25, 0.3) is 10.9 Å². The average Bonchev–Trinajstić information content (AvgIpc) is 2.97. The first-order valence-corrected chi connectivity index (χ1v) is 6.45. The molecule has 0 aliphatic heterocycles. The second-order valence-corrected chi connectivity index (χ2v) is 4.46. The summed E-state index contributed by atoms with van der Waals surface area (Å²) in [6.45, 7) is 1.67. The van der Waals surface area contributed by atoms with Crippen molar-refractivity contribution in [3.05, 3.63) is 60.3 Å². The molecule has 96 valence electrons. The molecule has 3 aromatic rings. The fraction of sp³-hybridized carbons (Fsp3) is 0.200. The number of H-pyrrole nitrogens is 1. The molecule has 0 saturated carbocycles. The Morgan fingerprint density at radius 2 is 2.05 bits per heavy atom. The maximum atomic E-state index is 4.62. The van der Waals surface area contributed by atoms with Crippen molar-refractivity contribution in [2.75, 3.05) is 6.54 Å². The van der Waals surface area contributed by atoms with Gasteiger partial charge in [0.25, 0.3) is 0 Å². The summed E-state index contributed by atoms with van der Waals surface area (Å²) in [4.78, 5) is 11.9. The number of aromatic amines is 1. The highest BCUT2D eigenvalue weighted by Gasteiger charge is 1.98. The minimum absolute atomic E-state index is 0.783. The summed E-state index contributed by atoms with van der Waals surface area (Å²) in [7, 11) is 0. The van der Waals surface area contributed by atoms with Gasteiger partial charge in [0.15, 0.2) is 0 Å². The summed E-state index contributed by atoms with van der Waals surface area (Å²) in [6.07, 6.45) is 4.53. The van der Waals surface area contributed by atoms with Crippen molar-refractivity contribution in [3.63, 3.8) is 0 Å². The average molecular weight is 252 g/mol. The molecule has 2 heterocycles. The topological polar surface area (TPSA) is 53.6 Å². The number of nitrogens with zero attached hydrogens (tertiary/aromatic N) is 2. The Kier molecular flexibility index (Phi) is 3.51. The minimum atomic E-state index is 0.783. The van der Waals surface area contributed by atoms with Crippen molar-refractivity contribution in [1.29, 1.82) is 0 Å². The standard InChI is InChI=1S/C15H16N4/c1-2-4-14-12(3-1)5-6-13(19-14)11-16-8-7-15-17-9-10-18-15/h1-6,9-10,16H,7-8,11H2,(H,17,18). The first-order chi connectivity index (χ1) is 9.42. The predicted octanol–water partition coefficient (Wildman–Crippen LogP) is 2.29. The fourth-order valence-electron chi connectivity index (χ4n) is 2.06. The van der Waals surface area contributed by atoms with E-state index in [9.17, 15) is 0 Å². The van der Waals surface area contributed by atoms with Gasteiger partial charge in [-0.1, -0.05) is 24.3 Å². The first-order valence-electron chi connectivity index (χ1n) is 6.45. The molecule has 1 aromatic carbocycles. The molecule has 4 heteroatoms. The number of pyridine rings is 1. The van der Waals surface area contributed by atoms with E-state index in [1.807, 2.05) is 24.4 Å². The predicted molar refractivity (Wildman–Crippen MR) is 75.7 cm³/mol. The third-order valence-corrected chi connectivity index (χ3v) is 3.06. The molecule has 0 spiro atoms. The van der Waals surface area contributed by atoms with Crippen LogP contribution in [-0.2, 0) is 13.0 Å². The summed E-state index contributed by atoms with van der Waals surface area (Å²) in [5.74, 6) is 1.01. The lowest BCUT2D eigenvalue weighted by molar-refractivity contribution is 0.665. The molecule has 0 atom stereocenters. The zero-order valence-corrected chi connectivity index (χ0v) is 10.6. The molecule has 0 radical (unpaired) electrons. The molecule has 0 amide bonds. The Morgan fingerprint density at radius 3 is 2.95 bits per heavy atom. The Hall–Kier alpha value is -2.20. The molecule has 0 unspecified atom stereocenters. The van der Waals surface area contributed by atoms with Crippen molar-refractivity contribution in [2.45, 2.75) is 13.0 Å². The number of hydrogen-bond acceptors (Lipinski definition) is 3. The van der Waals surface area contributed by atoms with Crippen molar-refractivity contribution in [2.24, 2.45) is 0 Å². The zero-order chi connectivity index (χ0) is 12.9. The molecular weight excluding hydrogens is 236 g/mol. The third kappa shape index (κ3) is 2.98. The van der Waals surface area contributed by atoms with Gasteiger partial charge in [0.2, 0.25) is 0 Å². The van der Waals surface area contributed by atoms with Crippen LogP contribution in [-0.4, -0.2) is 21.5 Å². The van der Waals surface area contributed by atoms with Crippen LogP contribution in [0.2, 0.25) is 0 Å². The lowest BCUT2D eigenvalue weighted by atomic mass is 10.2. The minimum Gasteiger partial charge on any atom is -0.349 e. The fourth-order valence-corrected chi connectivity index (χ4v) is 2.06. The van der Waals surface area contributed by atoms with Crippen LogP contribution >= 0.6 is 0 Å². The lowest BCUT2D eigenvalue weighted by Crippen LogP contribution is -2.17. The number of benzene rings is 1. The zero-order valence-electron chi connectivity index (χ0n) is 10.6. The van der Waals surface area contributed by atoms with Crippen LogP contribution in [0.4, 0.5) is 0 Å². The number of hydrogen-bond donors (Lipinski definition) is 2. The second-order valence-electron chi connectivity index (χ2n) is 4.46. The van der Waals surface area contributed by atoms with E-state index in [0.29, 0.717) is 0 Å². The second kappa shape index (κ2) is 5.63. The first kappa shape index (κ1) is 11.9. The van der Waals surface area contributed by atoms with Gasteiger partial charge in [-0.05, 0) is 12.1 Å². The van der Waals surface area contributed by atoms with Gasteiger partial charge in [0.1, 0.15) is 5.82 Å². The van der Waals surface area contributed by atoms with Crippen molar-refractivity contribution in [1.82, 2.24) is 20.3 Å². The molecule has 0 saturated heterocycles. The summed E-state index contributed by atoms with van der Waals surface area (Å²) in [5, 5.41) is 4.56. The van der Waals surface area contributed by atoms with E-state index >= 15 is 0 Å². The van der Waals surface area contributed by atoms with E-state index in [1.165, 1.54) is 5.39 Å². The molecule has 0 bridgehead atoms. The summed E-state index contributed by atoms with van der Waals surface area (Å²) in [6, 6.07) is 12.4. The molecule has 19 heavy (non-hydrogen) atoms. The maximum absolute atomic E-state index is 4.62. The number of para-hydroxylation sites is 1. The quantitative estimate of drug-likeness (QED) is 0.685. The van der Waals surface area contributed by atoms with E-state index in [0.717, 1.165) is 36.5 Å². The summed E-state index contributed by atoms with van der Waals surface area (Å²) in [5.41, 5.74) is 2.12. The maximum Gasteiger partial charge on any atom is 0.107 e. The normalized spacial score (nSPS) is 10.9. The van der Waals surface area contributed by atoms with Crippen LogP contribution in [0.5, 0.6) is 0 Å². The molecule has 0 fully saturated rings. The highest BCUT2D eigenvalue weighted by molar-refractivity contribution is 5.78. The Labute approximate surface area is 111 Å². The van der Waals surface area contributed by atoms with Gasteiger partial charge in [-0.2, -0.15) is 0 Å². The van der Waals surface area contributed by atoms with E-state index < -0.39 is 0 Å². The molecule has 4 nitrogen and oxygen atoms in total. The number of nitrogens with one attached hydrogen (secondary N) is 2. The largest absolute Gasteiger partial charge is 0.349 e. The van der Waals surface area contributed by atoms with Gasteiger partial charge in [0.05, 0.1) is 11.2 Å². The molecule has 2 N–H and O–H groups in total. The molecule has 2 aromatic heterocycles. The van der Waals surface area contributed by atoms with E-state index in [-0.39, 0.29) is 0 Å². The molecule has 0 aliphatic carbocycles. The van der Waals surface area contributed by atoms with Gasteiger partial charge in [-0.25, -0.2) is 4.98 Å². The Bertz CT molecular complexity index is 646. The highest BCUT2D eigenvalue weighted by atomic mass is 14.9. The van der Waals surface area contributed by atoms with Gasteiger partial charge >= 0.3 is 0 Å². The molecule has 0 aliphatic rings. The lowest BCUT2D eigenvalue weighted by Gasteiger charge is -2.04. The number of rotatable bonds is 5. The number of aromatic nitrogens is 3. The smallest absolute Gasteiger partial charge is 0.107 e. The highest BCUT2D eigenvalue weighted by Crippen LogP contribution is 2.11. The molecule has 3 rings (SSSR count). The van der Waals surface area contributed by atoms with E-state index in [2.05, 4.69) is 38.5 Å². The van der Waals surface area contributed by atoms with Crippen LogP contribution in [0.1, 0.15) is 11.5 Å². The Balaban J connectivity index is 1.56. The van der Waals surface area contributed by atoms with Crippen molar-refractivity contribution >= 4 is 10.9 Å². The van der Waals surface area contributed by atoms with Crippen molar-refractivity contribution < 1.29 is 0 Å². The van der Waals surface area contributed by atoms with Gasteiger partial charge in [0, 0.05) is 37.3 Å². The number of fused-ring (bicyclic) bond motifs is 1. The van der Waals surface area contributed by atoms with Gasteiger partial charge in [-0.15, -0.1) is 0 Å². The van der Waals surface area contributed by atoms with Gasteiger partial charge < -0.3 is 10.3 Å². The molecular formula is C15H16N4.